The second-order valence-electron chi connectivity index (χ2n) is 6.31. The van der Waals surface area contributed by atoms with E-state index in [0.29, 0.717) is 0 Å². The number of nitrogens with zero attached hydrogens (tertiary/aromatic N) is 4. The summed E-state index contributed by atoms with van der Waals surface area (Å²) in [5, 5.41) is 0. The van der Waals surface area contributed by atoms with Crippen molar-refractivity contribution in [3.8, 4) is 0 Å². The van der Waals surface area contributed by atoms with Crippen LogP contribution in [0.4, 0.5) is 11.4 Å². The number of para-hydroxylation sites is 1. The van der Waals surface area contributed by atoms with Gasteiger partial charge in [-0.2, -0.15) is 0 Å². The van der Waals surface area contributed by atoms with Gasteiger partial charge in [0.25, 0.3) is 0 Å². The predicted octanol–water partition coefficient (Wildman–Crippen LogP) is 2.76. The van der Waals surface area contributed by atoms with Crippen LogP contribution in [0.15, 0.2) is 42.9 Å². The molecular formula is C18H22N4. The van der Waals surface area contributed by atoms with Crippen LogP contribution in [-0.2, 0) is 6.42 Å². The van der Waals surface area contributed by atoms with Crippen LogP contribution in [0.5, 0.6) is 0 Å². The molecule has 0 unspecified atom stereocenters. The molecule has 114 valence electrons. The second kappa shape index (κ2) is 5.95. The lowest BCUT2D eigenvalue weighted by Gasteiger charge is -2.37. The molecule has 2 aromatic rings. The molecule has 22 heavy (non-hydrogen) atoms. The van der Waals surface area contributed by atoms with E-state index in [4.69, 9.17) is 0 Å². The summed E-state index contributed by atoms with van der Waals surface area (Å²) in [6.45, 7) is 4.20. The van der Waals surface area contributed by atoms with E-state index in [1.165, 1.54) is 29.9 Å². The third kappa shape index (κ3) is 2.91. The average molecular weight is 294 g/mol. The molecule has 0 bridgehead atoms. The SMILES string of the molecule is c1ccc(N2CCN(c3cncnc3CC3CC3)CC2)cc1. The number of rotatable bonds is 4. The summed E-state index contributed by atoms with van der Waals surface area (Å²) in [6.07, 6.45) is 7.55. The lowest BCUT2D eigenvalue weighted by molar-refractivity contribution is 0.645. The first-order valence-corrected chi connectivity index (χ1v) is 8.24. The maximum absolute atomic E-state index is 4.54. The summed E-state index contributed by atoms with van der Waals surface area (Å²) in [6, 6.07) is 10.7. The molecule has 2 heterocycles. The Morgan fingerprint density at radius 1 is 0.955 bits per heavy atom. The number of aromatic nitrogens is 2. The fourth-order valence-electron chi connectivity index (χ4n) is 3.21. The van der Waals surface area contributed by atoms with Crippen molar-refractivity contribution in [2.45, 2.75) is 19.3 Å². The Morgan fingerprint density at radius 3 is 2.41 bits per heavy atom. The van der Waals surface area contributed by atoms with Crippen LogP contribution in [0, 0.1) is 5.92 Å². The van der Waals surface area contributed by atoms with Crippen molar-refractivity contribution in [2.75, 3.05) is 36.0 Å². The quantitative estimate of drug-likeness (QED) is 0.868. The summed E-state index contributed by atoms with van der Waals surface area (Å²) >= 11 is 0. The molecule has 1 saturated heterocycles. The highest BCUT2D eigenvalue weighted by Gasteiger charge is 2.26. The van der Waals surface area contributed by atoms with E-state index in [1.54, 1.807) is 6.33 Å². The van der Waals surface area contributed by atoms with Gasteiger partial charge in [-0.1, -0.05) is 18.2 Å². The Hall–Kier alpha value is -2.10. The fraction of sp³-hybridized carbons (Fsp3) is 0.444. The van der Waals surface area contributed by atoms with Crippen LogP contribution >= 0.6 is 0 Å². The monoisotopic (exact) mass is 294 g/mol. The summed E-state index contributed by atoms with van der Waals surface area (Å²) < 4.78 is 0. The number of hydrogen-bond acceptors (Lipinski definition) is 4. The third-order valence-corrected chi connectivity index (χ3v) is 4.69. The van der Waals surface area contributed by atoms with Gasteiger partial charge in [0.05, 0.1) is 17.6 Å². The Bertz CT molecular complexity index is 616. The van der Waals surface area contributed by atoms with Crippen LogP contribution in [-0.4, -0.2) is 36.1 Å². The standard InChI is InChI=1S/C18H22N4/c1-2-4-16(5-3-1)21-8-10-22(11-9-21)18-13-19-14-20-17(18)12-15-6-7-15/h1-5,13-15H,6-12H2. The molecule has 1 saturated carbocycles. The van der Waals surface area contributed by atoms with Gasteiger partial charge in [-0.25, -0.2) is 9.97 Å². The average Bonchev–Trinajstić information content (AvgIpc) is 3.41. The molecule has 1 aliphatic heterocycles. The molecule has 2 fully saturated rings. The van der Waals surface area contributed by atoms with Crippen molar-refractivity contribution in [3.63, 3.8) is 0 Å². The summed E-state index contributed by atoms with van der Waals surface area (Å²) in [5.41, 5.74) is 3.82. The highest BCUT2D eigenvalue weighted by Crippen LogP contribution is 2.34. The first-order valence-electron chi connectivity index (χ1n) is 8.24. The number of hydrogen-bond donors (Lipinski definition) is 0. The predicted molar refractivity (Wildman–Crippen MR) is 89.3 cm³/mol. The van der Waals surface area contributed by atoms with Gasteiger partial charge < -0.3 is 9.80 Å². The number of piperazine rings is 1. The van der Waals surface area contributed by atoms with Gasteiger partial charge in [-0.15, -0.1) is 0 Å². The molecule has 0 N–H and O–H groups in total. The van der Waals surface area contributed by atoms with Crippen molar-refractivity contribution < 1.29 is 0 Å². The maximum atomic E-state index is 4.54. The first-order chi connectivity index (χ1) is 10.9. The van der Waals surface area contributed by atoms with E-state index in [1.807, 2.05) is 6.20 Å². The van der Waals surface area contributed by atoms with Gasteiger partial charge in [0.1, 0.15) is 6.33 Å². The highest BCUT2D eigenvalue weighted by molar-refractivity contribution is 5.53. The minimum absolute atomic E-state index is 0.860. The molecule has 1 aliphatic carbocycles. The zero-order valence-electron chi connectivity index (χ0n) is 12.9. The van der Waals surface area contributed by atoms with Crippen LogP contribution < -0.4 is 9.80 Å². The van der Waals surface area contributed by atoms with Gasteiger partial charge in [0, 0.05) is 31.9 Å². The smallest absolute Gasteiger partial charge is 0.115 e. The Morgan fingerprint density at radius 2 is 1.68 bits per heavy atom. The van der Waals surface area contributed by atoms with Gasteiger partial charge in [0.15, 0.2) is 0 Å². The van der Waals surface area contributed by atoms with Gasteiger partial charge in [-0.3, -0.25) is 0 Å². The van der Waals surface area contributed by atoms with E-state index < -0.39 is 0 Å². The van der Waals surface area contributed by atoms with Crippen molar-refractivity contribution >= 4 is 11.4 Å². The van der Waals surface area contributed by atoms with E-state index in [0.717, 1.165) is 38.5 Å². The Balaban J connectivity index is 1.45. The van der Waals surface area contributed by atoms with Crippen LogP contribution in [0.1, 0.15) is 18.5 Å². The molecule has 0 atom stereocenters. The van der Waals surface area contributed by atoms with Crippen molar-refractivity contribution in [1.82, 2.24) is 9.97 Å². The van der Waals surface area contributed by atoms with Crippen molar-refractivity contribution in [2.24, 2.45) is 5.92 Å². The minimum atomic E-state index is 0.860. The lowest BCUT2D eigenvalue weighted by Crippen LogP contribution is -2.47. The molecule has 1 aromatic heterocycles. The van der Waals surface area contributed by atoms with Crippen LogP contribution in [0.3, 0.4) is 0 Å². The Kier molecular flexibility index (Phi) is 3.67. The molecular weight excluding hydrogens is 272 g/mol. The van der Waals surface area contributed by atoms with Crippen molar-refractivity contribution in [3.05, 3.63) is 48.5 Å². The first kappa shape index (κ1) is 13.6. The van der Waals surface area contributed by atoms with Gasteiger partial charge >= 0.3 is 0 Å². The van der Waals surface area contributed by atoms with Gasteiger partial charge in [0.2, 0.25) is 0 Å². The van der Waals surface area contributed by atoms with Crippen molar-refractivity contribution in [1.29, 1.82) is 0 Å². The summed E-state index contributed by atoms with van der Waals surface area (Å²) in [5.74, 6) is 0.860. The van der Waals surface area contributed by atoms with Crippen LogP contribution in [0.2, 0.25) is 0 Å². The maximum Gasteiger partial charge on any atom is 0.115 e. The summed E-state index contributed by atoms with van der Waals surface area (Å²) in [4.78, 5) is 13.7. The number of benzene rings is 1. The largest absolute Gasteiger partial charge is 0.368 e. The van der Waals surface area contributed by atoms with E-state index in [2.05, 4.69) is 50.1 Å². The molecule has 4 rings (SSSR count). The Labute approximate surface area is 131 Å². The zero-order valence-corrected chi connectivity index (χ0v) is 12.9. The topological polar surface area (TPSA) is 32.3 Å². The van der Waals surface area contributed by atoms with Gasteiger partial charge in [-0.05, 0) is 37.3 Å². The molecule has 0 radical (unpaired) electrons. The fourth-order valence-corrected chi connectivity index (χ4v) is 3.21. The molecule has 2 aliphatic rings. The minimum Gasteiger partial charge on any atom is -0.368 e. The molecule has 0 amide bonds. The highest BCUT2D eigenvalue weighted by atomic mass is 15.3. The van der Waals surface area contributed by atoms with Crippen LogP contribution in [0.25, 0.3) is 0 Å². The lowest BCUT2D eigenvalue weighted by atomic mass is 10.1. The summed E-state index contributed by atoms with van der Waals surface area (Å²) in [7, 11) is 0. The zero-order chi connectivity index (χ0) is 14.8. The molecule has 4 nitrogen and oxygen atoms in total. The molecule has 4 heteroatoms. The van der Waals surface area contributed by atoms with E-state index >= 15 is 0 Å². The third-order valence-electron chi connectivity index (χ3n) is 4.69. The molecule has 1 aromatic carbocycles. The van der Waals surface area contributed by atoms with E-state index in [-0.39, 0.29) is 0 Å². The normalized spacial score (nSPS) is 18.5. The van der Waals surface area contributed by atoms with E-state index in [9.17, 15) is 0 Å². The number of anilines is 2. The second-order valence-corrected chi connectivity index (χ2v) is 6.31. The molecule has 0 spiro atoms.